The molecule has 3 heterocycles. The molecule has 7 nitrogen and oxygen atoms in total. The lowest BCUT2D eigenvalue weighted by atomic mass is 10.1. The molecule has 2 saturated heterocycles. The molecule has 1 amide bonds. The first-order chi connectivity index (χ1) is 13.6. The molecule has 2 aliphatic rings. The molecule has 2 fully saturated rings. The van der Waals surface area contributed by atoms with Gasteiger partial charge in [-0.25, -0.2) is 0 Å². The fourth-order valence-corrected chi connectivity index (χ4v) is 3.79. The Balaban J connectivity index is 1.38. The second-order valence-corrected chi connectivity index (χ2v) is 7.37. The summed E-state index contributed by atoms with van der Waals surface area (Å²) in [5, 5.41) is 8.52. The van der Waals surface area contributed by atoms with Crippen LogP contribution in [-0.4, -0.2) is 73.5 Å². The molecule has 4 rings (SSSR count). The van der Waals surface area contributed by atoms with E-state index in [1.807, 2.05) is 6.07 Å². The van der Waals surface area contributed by atoms with Gasteiger partial charge < -0.3 is 19.4 Å². The third-order valence-electron chi connectivity index (χ3n) is 5.69. The van der Waals surface area contributed by atoms with Gasteiger partial charge in [0.2, 0.25) is 0 Å². The first-order valence-corrected chi connectivity index (χ1v) is 9.90. The SMILES string of the molecule is Cc1cccc(N2CCN(c3ccc(C(=O)N4CCOCC4)nn3)CC2)c1C. The molecule has 0 aliphatic carbocycles. The highest BCUT2D eigenvalue weighted by molar-refractivity contribution is 5.92. The second-order valence-electron chi connectivity index (χ2n) is 7.37. The zero-order valence-corrected chi connectivity index (χ0v) is 16.6. The molecule has 1 aromatic carbocycles. The number of nitrogens with zero attached hydrogens (tertiary/aromatic N) is 5. The van der Waals surface area contributed by atoms with Gasteiger partial charge >= 0.3 is 0 Å². The van der Waals surface area contributed by atoms with Gasteiger partial charge in [-0.1, -0.05) is 12.1 Å². The van der Waals surface area contributed by atoms with Gasteiger partial charge in [0.05, 0.1) is 13.2 Å². The van der Waals surface area contributed by atoms with Gasteiger partial charge in [0.1, 0.15) is 0 Å². The molecule has 2 aromatic rings. The van der Waals surface area contributed by atoms with Crippen molar-refractivity contribution >= 4 is 17.4 Å². The number of rotatable bonds is 3. The van der Waals surface area contributed by atoms with Crippen LogP contribution in [0.25, 0.3) is 0 Å². The van der Waals surface area contributed by atoms with Gasteiger partial charge in [0.15, 0.2) is 11.5 Å². The van der Waals surface area contributed by atoms with Gasteiger partial charge in [-0.2, -0.15) is 0 Å². The number of anilines is 2. The third kappa shape index (κ3) is 3.80. The van der Waals surface area contributed by atoms with Crippen LogP contribution in [0.3, 0.4) is 0 Å². The van der Waals surface area contributed by atoms with E-state index in [0.29, 0.717) is 32.0 Å². The Hall–Kier alpha value is -2.67. The van der Waals surface area contributed by atoms with Crippen molar-refractivity contribution in [2.45, 2.75) is 13.8 Å². The molecule has 0 atom stereocenters. The van der Waals surface area contributed by atoms with E-state index in [1.165, 1.54) is 16.8 Å². The first-order valence-electron chi connectivity index (χ1n) is 9.90. The topological polar surface area (TPSA) is 61.8 Å². The summed E-state index contributed by atoms with van der Waals surface area (Å²) in [5.41, 5.74) is 4.39. The van der Waals surface area contributed by atoms with Gasteiger partial charge in [0, 0.05) is 45.0 Å². The number of amides is 1. The van der Waals surface area contributed by atoms with Crippen LogP contribution in [0.4, 0.5) is 11.5 Å². The predicted octanol–water partition coefficient (Wildman–Crippen LogP) is 1.89. The summed E-state index contributed by atoms with van der Waals surface area (Å²) in [4.78, 5) is 18.9. The molecule has 0 unspecified atom stereocenters. The number of carbonyl (C=O) groups excluding carboxylic acids is 1. The highest BCUT2D eigenvalue weighted by Crippen LogP contribution is 2.24. The van der Waals surface area contributed by atoms with Gasteiger partial charge in [-0.05, 0) is 43.2 Å². The van der Waals surface area contributed by atoms with Crippen LogP contribution in [0.1, 0.15) is 21.6 Å². The molecule has 2 aliphatic heterocycles. The lowest BCUT2D eigenvalue weighted by Gasteiger charge is -2.37. The highest BCUT2D eigenvalue weighted by atomic mass is 16.5. The van der Waals surface area contributed by atoms with Crippen molar-refractivity contribution in [1.82, 2.24) is 15.1 Å². The van der Waals surface area contributed by atoms with Crippen molar-refractivity contribution in [1.29, 1.82) is 0 Å². The monoisotopic (exact) mass is 381 g/mol. The van der Waals surface area contributed by atoms with Crippen LogP contribution in [-0.2, 0) is 4.74 Å². The van der Waals surface area contributed by atoms with Crippen molar-refractivity contribution in [2.75, 3.05) is 62.3 Å². The Morgan fingerprint density at radius 1 is 0.893 bits per heavy atom. The first kappa shape index (κ1) is 18.7. The quantitative estimate of drug-likeness (QED) is 0.809. The van der Waals surface area contributed by atoms with Gasteiger partial charge in [-0.3, -0.25) is 4.79 Å². The highest BCUT2D eigenvalue weighted by Gasteiger charge is 2.22. The van der Waals surface area contributed by atoms with Crippen molar-refractivity contribution in [3.8, 4) is 0 Å². The van der Waals surface area contributed by atoms with Crippen LogP contribution in [0, 0.1) is 13.8 Å². The average Bonchev–Trinajstić information content (AvgIpc) is 2.76. The summed E-state index contributed by atoms with van der Waals surface area (Å²) in [6.07, 6.45) is 0. The maximum Gasteiger partial charge on any atom is 0.274 e. The molecular weight excluding hydrogens is 354 g/mol. The Bertz CT molecular complexity index is 825. The summed E-state index contributed by atoms with van der Waals surface area (Å²) >= 11 is 0. The van der Waals surface area contributed by atoms with E-state index in [0.717, 1.165) is 32.0 Å². The third-order valence-corrected chi connectivity index (χ3v) is 5.69. The zero-order chi connectivity index (χ0) is 19.5. The van der Waals surface area contributed by atoms with E-state index in [2.05, 4.69) is 52.0 Å². The van der Waals surface area contributed by atoms with Crippen LogP contribution in [0.2, 0.25) is 0 Å². The fraction of sp³-hybridized carbons (Fsp3) is 0.476. The Kier molecular flexibility index (Phi) is 5.43. The second kappa shape index (κ2) is 8.14. The number of morpholine rings is 1. The minimum Gasteiger partial charge on any atom is -0.378 e. The van der Waals surface area contributed by atoms with Crippen LogP contribution < -0.4 is 9.80 Å². The zero-order valence-electron chi connectivity index (χ0n) is 16.6. The van der Waals surface area contributed by atoms with Crippen LogP contribution in [0.15, 0.2) is 30.3 Å². The number of piperazine rings is 1. The summed E-state index contributed by atoms with van der Waals surface area (Å²) in [6.45, 7) is 10.4. The molecule has 0 spiro atoms. The average molecular weight is 381 g/mol. The number of ether oxygens (including phenoxy) is 1. The standard InChI is InChI=1S/C21H27N5O2/c1-16-4-3-5-19(17(16)2)24-8-10-25(11-9-24)20-7-6-18(22-23-20)21(27)26-12-14-28-15-13-26/h3-7H,8-15H2,1-2H3. The number of hydrogen-bond acceptors (Lipinski definition) is 6. The molecule has 28 heavy (non-hydrogen) atoms. The van der Waals surface area contributed by atoms with E-state index in [-0.39, 0.29) is 5.91 Å². The molecule has 0 N–H and O–H groups in total. The van der Waals surface area contributed by atoms with E-state index >= 15 is 0 Å². The summed E-state index contributed by atoms with van der Waals surface area (Å²) < 4.78 is 5.30. The Morgan fingerprint density at radius 2 is 1.61 bits per heavy atom. The van der Waals surface area contributed by atoms with Gasteiger partial charge in [0.25, 0.3) is 5.91 Å². The summed E-state index contributed by atoms with van der Waals surface area (Å²) in [7, 11) is 0. The Labute approximate surface area is 165 Å². The lowest BCUT2D eigenvalue weighted by molar-refractivity contribution is 0.0298. The lowest BCUT2D eigenvalue weighted by Crippen LogP contribution is -2.47. The van der Waals surface area contributed by atoms with Crippen molar-refractivity contribution in [3.63, 3.8) is 0 Å². The Morgan fingerprint density at radius 3 is 2.29 bits per heavy atom. The smallest absolute Gasteiger partial charge is 0.274 e. The van der Waals surface area contributed by atoms with Crippen LogP contribution >= 0.6 is 0 Å². The van der Waals surface area contributed by atoms with E-state index in [1.54, 1.807) is 11.0 Å². The molecule has 1 aromatic heterocycles. The minimum absolute atomic E-state index is 0.0675. The summed E-state index contributed by atoms with van der Waals surface area (Å²) in [6, 6.07) is 10.2. The number of carbonyl (C=O) groups is 1. The molecule has 0 bridgehead atoms. The molecule has 0 radical (unpaired) electrons. The van der Waals surface area contributed by atoms with E-state index in [9.17, 15) is 4.79 Å². The molecule has 0 saturated carbocycles. The number of aromatic nitrogens is 2. The molecular formula is C21H27N5O2. The molecule has 148 valence electrons. The minimum atomic E-state index is -0.0675. The van der Waals surface area contributed by atoms with Crippen molar-refractivity contribution < 1.29 is 9.53 Å². The number of aryl methyl sites for hydroxylation is 1. The van der Waals surface area contributed by atoms with E-state index in [4.69, 9.17) is 4.74 Å². The van der Waals surface area contributed by atoms with Gasteiger partial charge in [-0.15, -0.1) is 10.2 Å². The van der Waals surface area contributed by atoms with Crippen LogP contribution in [0.5, 0.6) is 0 Å². The number of hydrogen-bond donors (Lipinski definition) is 0. The largest absolute Gasteiger partial charge is 0.378 e. The summed E-state index contributed by atoms with van der Waals surface area (Å²) in [5.74, 6) is 0.765. The van der Waals surface area contributed by atoms with Crippen molar-refractivity contribution in [3.05, 3.63) is 47.2 Å². The maximum absolute atomic E-state index is 12.5. The normalized spacial score (nSPS) is 17.7. The fourth-order valence-electron chi connectivity index (χ4n) is 3.79. The van der Waals surface area contributed by atoms with Crippen molar-refractivity contribution in [2.24, 2.45) is 0 Å². The van der Waals surface area contributed by atoms with E-state index < -0.39 is 0 Å². The molecule has 7 heteroatoms. The maximum atomic E-state index is 12.5. The number of benzene rings is 1. The predicted molar refractivity (Wildman–Crippen MR) is 109 cm³/mol.